The van der Waals surface area contributed by atoms with Crippen LogP contribution in [0.3, 0.4) is 0 Å². The molecule has 18 heavy (non-hydrogen) atoms. The van der Waals surface area contributed by atoms with E-state index >= 15 is 0 Å². The Labute approximate surface area is 109 Å². The van der Waals surface area contributed by atoms with E-state index < -0.39 is 5.54 Å². The van der Waals surface area contributed by atoms with Gasteiger partial charge < -0.3 is 10.5 Å². The number of methoxy groups -OCH3 is 1. The Balaban J connectivity index is 2.90. The van der Waals surface area contributed by atoms with Gasteiger partial charge in [0.1, 0.15) is 5.75 Å². The summed E-state index contributed by atoms with van der Waals surface area (Å²) in [6, 6.07) is 5.85. The summed E-state index contributed by atoms with van der Waals surface area (Å²) in [6.07, 6.45) is 1.95. The Morgan fingerprint density at radius 3 is 2.67 bits per heavy atom. The van der Waals surface area contributed by atoms with Crippen LogP contribution in [-0.2, 0) is 11.2 Å². The molecule has 0 aromatic heterocycles. The summed E-state index contributed by atoms with van der Waals surface area (Å²) in [7, 11) is 1.62. The second-order valence-corrected chi connectivity index (χ2v) is 5.08. The van der Waals surface area contributed by atoms with Gasteiger partial charge in [0.25, 0.3) is 0 Å². The molecule has 0 amide bonds. The quantitative estimate of drug-likeness (QED) is 0.843. The maximum atomic E-state index is 12.2. The van der Waals surface area contributed by atoms with Gasteiger partial charge in [-0.3, -0.25) is 4.79 Å². The molecular weight excluding hydrogens is 226 g/mol. The van der Waals surface area contributed by atoms with Crippen molar-refractivity contribution in [2.75, 3.05) is 7.11 Å². The highest BCUT2D eigenvalue weighted by atomic mass is 16.5. The molecule has 1 aromatic rings. The molecule has 0 spiro atoms. The van der Waals surface area contributed by atoms with E-state index in [2.05, 4.69) is 0 Å². The molecule has 1 atom stereocenters. The molecule has 0 fully saturated rings. The number of rotatable bonds is 6. The normalized spacial score (nSPS) is 14.1. The lowest BCUT2D eigenvalue weighted by Gasteiger charge is -2.23. The van der Waals surface area contributed by atoms with Crippen molar-refractivity contribution in [2.24, 2.45) is 5.73 Å². The Bertz CT molecular complexity index is 425. The molecule has 1 rings (SSSR count). The number of aryl methyl sites for hydroxylation is 1. The van der Waals surface area contributed by atoms with E-state index in [1.807, 2.05) is 32.0 Å². The van der Waals surface area contributed by atoms with Crippen LogP contribution in [0, 0.1) is 6.92 Å². The lowest BCUT2D eigenvalue weighted by Crippen LogP contribution is -2.45. The van der Waals surface area contributed by atoms with E-state index in [1.54, 1.807) is 14.0 Å². The molecule has 1 aromatic carbocycles. The molecule has 0 aliphatic heterocycles. The van der Waals surface area contributed by atoms with Crippen LogP contribution in [0.5, 0.6) is 5.75 Å². The van der Waals surface area contributed by atoms with Crippen LogP contribution in [0.4, 0.5) is 0 Å². The van der Waals surface area contributed by atoms with Crippen molar-refractivity contribution in [1.29, 1.82) is 0 Å². The molecule has 0 saturated heterocycles. The van der Waals surface area contributed by atoms with Gasteiger partial charge >= 0.3 is 0 Å². The number of ketones is 1. The van der Waals surface area contributed by atoms with Crippen LogP contribution >= 0.6 is 0 Å². The lowest BCUT2D eigenvalue weighted by atomic mass is 9.88. The van der Waals surface area contributed by atoms with E-state index in [0.29, 0.717) is 12.8 Å². The minimum absolute atomic E-state index is 0.0632. The molecule has 0 aliphatic rings. The number of Topliss-reactive ketones (excluding diaryl/α,β-unsaturated/α-hetero) is 1. The van der Waals surface area contributed by atoms with E-state index in [9.17, 15) is 4.79 Å². The van der Waals surface area contributed by atoms with E-state index in [1.165, 1.54) is 0 Å². The number of nitrogens with two attached hydrogens (primary N) is 1. The summed E-state index contributed by atoms with van der Waals surface area (Å²) in [4.78, 5) is 12.2. The number of carbonyl (C=O) groups excluding carboxylic acids is 1. The highest BCUT2D eigenvalue weighted by molar-refractivity contribution is 5.90. The highest BCUT2D eigenvalue weighted by Gasteiger charge is 2.27. The summed E-state index contributed by atoms with van der Waals surface area (Å²) in [5.41, 5.74) is 7.34. The molecule has 0 heterocycles. The predicted molar refractivity (Wildman–Crippen MR) is 73.9 cm³/mol. The summed E-state index contributed by atoms with van der Waals surface area (Å²) >= 11 is 0. The Morgan fingerprint density at radius 1 is 1.44 bits per heavy atom. The second kappa shape index (κ2) is 6.01. The average molecular weight is 249 g/mol. The zero-order valence-corrected chi connectivity index (χ0v) is 11.7. The zero-order valence-electron chi connectivity index (χ0n) is 11.7. The molecule has 0 radical (unpaired) electrons. The second-order valence-electron chi connectivity index (χ2n) is 5.08. The van der Waals surface area contributed by atoms with Gasteiger partial charge in [-0.25, -0.2) is 0 Å². The van der Waals surface area contributed by atoms with Gasteiger partial charge in [0, 0.05) is 12.0 Å². The smallest absolute Gasteiger partial charge is 0.156 e. The highest BCUT2D eigenvalue weighted by Crippen LogP contribution is 2.22. The van der Waals surface area contributed by atoms with Gasteiger partial charge in [-0.15, -0.1) is 0 Å². The third-order valence-corrected chi connectivity index (χ3v) is 3.19. The van der Waals surface area contributed by atoms with Gasteiger partial charge in [0.05, 0.1) is 12.6 Å². The van der Waals surface area contributed by atoms with Crippen molar-refractivity contribution in [3.05, 3.63) is 29.3 Å². The monoisotopic (exact) mass is 249 g/mol. The van der Waals surface area contributed by atoms with E-state index in [-0.39, 0.29) is 5.78 Å². The number of ether oxygens (including phenoxy) is 1. The van der Waals surface area contributed by atoms with Crippen molar-refractivity contribution in [3.8, 4) is 5.75 Å². The standard InChI is InChI=1S/C15H23NO2/c1-5-8-15(3,16)14(17)10-12-9-11(2)6-7-13(12)18-4/h6-7,9H,5,8,10,16H2,1-4H3. The fraction of sp³-hybridized carbons (Fsp3) is 0.533. The Kier molecular flexibility index (Phi) is 4.91. The summed E-state index contributed by atoms with van der Waals surface area (Å²) in [5.74, 6) is 0.814. The van der Waals surface area contributed by atoms with Crippen LogP contribution in [0.1, 0.15) is 37.8 Å². The topological polar surface area (TPSA) is 52.3 Å². The minimum Gasteiger partial charge on any atom is -0.496 e. The van der Waals surface area contributed by atoms with Gasteiger partial charge in [-0.1, -0.05) is 31.0 Å². The number of hydrogen-bond donors (Lipinski definition) is 1. The Hall–Kier alpha value is -1.35. The van der Waals surface area contributed by atoms with Gasteiger partial charge in [0.15, 0.2) is 5.78 Å². The largest absolute Gasteiger partial charge is 0.496 e. The first kappa shape index (κ1) is 14.7. The third kappa shape index (κ3) is 3.57. The van der Waals surface area contributed by atoms with Crippen molar-refractivity contribution >= 4 is 5.78 Å². The van der Waals surface area contributed by atoms with E-state index in [0.717, 1.165) is 23.3 Å². The predicted octanol–water partition coefficient (Wildman–Crippen LogP) is 2.63. The lowest BCUT2D eigenvalue weighted by molar-refractivity contribution is -0.123. The molecule has 3 heteroatoms. The van der Waals surface area contributed by atoms with Crippen LogP contribution in [-0.4, -0.2) is 18.4 Å². The Morgan fingerprint density at radius 2 is 2.11 bits per heavy atom. The summed E-state index contributed by atoms with van der Waals surface area (Å²) < 4.78 is 5.28. The summed E-state index contributed by atoms with van der Waals surface area (Å²) in [6.45, 7) is 5.84. The first-order valence-electron chi connectivity index (χ1n) is 6.36. The SMILES string of the molecule is CCCC(C)(N)C(=O)Cc1cc(C)ccc1OC. The first-order valence-corrected chi connectivity index (χ1v) is 6.36. The van der Waals surface area contributed by atoms with Crippen LogP contribution in [0.15, 0.2) is 18.2 Å². The van der Waals surface area contributed by atoms with Crippen molar-refractivity contribution in [2.45, 2.75) is 45.6 Å². The van der Waals surface area contributed by atoms with E-state index in [4.69, 9.17) is 10.5 Å². The molecule has 3 nitrogen and oxygen atoms in total. The van der Waals surface area contributed by atoms with Crippen molar-refractivity contribution < 1.29 is 9.53 Å². The number of hydrogen-bond acceptors (Lipinski definition) is 3. The molecule has 2 N–H and O–H groups in total. The van der Waals surface area contributed by atoms with Gasteiger partial charge in [-0.2, -0.15) is 0 Å². The molecule has 100 valence electrons. The molecule has 0 saturated carbocycles. The van der Waals surface area contributed by atoms with Gasteiger partial charge in [-0.05, 0) is 26.3 Å². The third-order valence-electron chi connectivity index (χ3n) is 3.19. The summed E-state index contributed by atoms with van der Waals surface area (Å²) in [5, 5.41) is 0. The maximum absolute atomic E-state index is 12.2. The first-order chi connectivity index (χ1) is 8.40. The minimum atomic E-state index is -0.747. The van der Waals surface area contributed by atoms with Crippen LogP contribution in [0.25, 0.3) is 0 Å². The van der Waals surface area contributed by atoms with Gasteiger partial charge in [0.2, 0.25) is 0 Å². The van der Waals surface area contributed by atoms with Crippen molar-refractivity contribution in [1.82, 2.24) is 0 Å². The molecular formula is C15H23NO2. The molecule has 1 unspecified atom stereocenters. The van der Waals surface area contributed by atoms with Crippen LogP contribution in [0.2, 0.25) is 0 Å². The van der Waals surface area contributed by atoms with Crippen molar-refractivity contribution in [3.63, 3.8) is 0 Å². The molecule has 0 aliphatic carbocycles. The maximum Gasteiger partial charge on any atom is 0.156 e. The van der Waals surface area contributed by atoms with Crippen LogP contribution < -0.4 is 10.5 Å². The zero-order chi connectivity index (χ0) is 13.8. The fourth-order valence-corrected chi connectivity index (χ4v) is 2.08. The number of carbonyl (C=O) groups is 1. The fourth-order valence-electron chi connectivity index (χ4n) is 2.08. The molecule has 0 bridgehead atoms. The average Bonchev–Trinajstić information content (AvgIpc) is 2.29. The number of benzene rings is 1.